The summed E-state index contributed by atoms with van der Waals surface area (Å²) in [5, 5.41) is 0.842. The van der Waals surface area contributed by atoms with E-state index in [4.69, 9.17) is 27.9 Å². The number of amides is 1. The number of ketones is 1. The lowest BCUT2D eigenvalue weighted by Gasteiger charge is -2.31. The minimum absolute atomic E-state index is 0.0758. The molecule has 0 unspecified atom stereocenters. The molecule has 1 aliphatic rings. The van der Waals surface area contributed by atoms with Crippen molar-refractivity contribution < 1.29 is 14.3 Å². The van der Waals surface area contributed by atoms with Gasteiger partial charge < -0.3 is 9.64 Å². The Hall–Kier alpha value is -2.04. The number of nitrogens with zero attached hydrogens (tertiary/aromatic N) is 1. The molecule has 1 amide bonds. The fraction of sp³-hybridized carbons (Fsp3) is 0.300. The molecule has 26 heavy (non-hydrogen) atoms. The number of Topliss-reactive ketones (excluding diaryl/α,β-unsaturated/α-hetero) is 1. The molecular formula is C20H19Cl2NO3. The smallest absolute Gasteiger partial charge is 0.255 e. The zero-order valence-corrected chi connectivity index (χ0v) is 15.9. The van der Waals surface area contributed by atoms with E-state index in [1.54, 1.807) is 54.5 Å². The maximum atomic E-state index is 12.7. The van der Waals surface area contributed by atoms with Crippen LogP contribution in [0.15, 0.2) is 42.5 Å². The second-order valence-electron chi connectivity index (χ2n) is 6.28. The molecule has 0 radical (unpaired) electrons. The number of carbonyl (C=O) groups is 2. The Labute approximate surface area is 162 Å². The van der Waals surface area contributed by atoms with E-state index in [0.29, 0.717) is 47.1 Å². The van der Waals surface area contributed by atoms with E-state index in [2.05, 4.69) is 0 Å². The molecule has 136 valence electrons. The van der Waals surface area contributed by atoms with Gasteiger partial charge in [0.2, 0.25) is 0 Å². The zero-order chi connectivity index (χ0) is 18.7. The maximum absolute atomic E-state index is 12.7. The second kappa shape index (κ2) is 8.11. The normalized spacial score (nSPS) is 15.0. The van der Waals surface area contributed by atoms with Gasteiger partial charge in [0.05, 0.1) is 17.7 Å². The van der Waals surface area contributed by atoms with Gasteiger partial charge in [-0.3, -0.25) is 9.59 Å². The molecule has 0 atom stereocenters. The minimum atomic E-state index is -0.123. The molecule has 2 aromatic carbocycles. The summed E-state index contributed by atoms with van der Waals surface area (Å²) in [7, 11) is 1.59. The highest BCUT2D eigenvalue weighted by molar-refractivity contribution is 6.36. The van der Waals surface area contributed by atoms with E-state index in [1.807, 2.05) is 0 Å². The quantitative estimate of drug-likeness (QED) is 0.707. The van der Waals surface area contributed by atoms with Crippen LogP contribution in [-0.4, -0.2) is 36.8 Å². The zero-order valence-electron chi connectivity index (χ0n) is 14.4. The number of hydrogen-bond donors (Lipinski definition) is 0. The van der Waals surface area contributed by atoms with Gasteiger partial charge in [0.1, 0.15) is 5.75 Å². The van der Waals surface area contributed by atoms with Gasteiger partial charge in [0, 0.05) is 29.6 Å². The third-order valence-corrected chi connectivity index (χ3v) is 5.24. The van der Waals surface area contributed by atoms with Crippen molar-refractivity contribution in [1.29, 1.82) is 0 Å². The first-order valence-corrected chi connectivity index (χ1v) is 9.18. The molecule has 4 nitrogen and oxygen atoms in total. The predicted octanol–water partition coefficient (Wildman–Crippen LogP) is 4.74. The van der Waals surface area contributed by atoms with Crippen LogP contribution in [0.2, 0.25) is 10.0 Å². The first-order valence-electron chi connectivity index (χ1n) is 8.42. The number of ether oxygens (including phenoxy) is 1. The van der Waals surface area contributed by atoms with Crippen LogP contribution in [-0.2, 0) is 0 Å². The molecule has 1 saturated heterocycles. The summed E-state index contributed by atoms with van der Waals surface area (Å²) in [5.41, 5.74) is 1.12. The molecule has 0 saturated carbocycles. The minimum Gasteiger partial charge on any atom is -0.497 e. The second-order valence-corrected chi connectivity index (χ2v) is 7.13. The van der Waals surface area contributed by atoms with E-state index < -0.39 is 0 Å². The highest BCUT2D eigenvalue weighted by Crippen LogP contribution is 2.27. The lowest BCUT2D eigenvalue weighted by molar-refractivity contribution is 0.0650. The Kier molecular flexibility index (Phi) is 5.84. The molecule has 3 rings (SSSR count). The molecular weight excluding hydrogens is 373 g/mol. The van der Waals surface area contributed by atoms with Crippen molar-refractivity contribution in [2.24, 2.45) is 5.92 Å². The summed E-state index contributed by atoms with van der Waals surface area (Å²) in [6.07, 6.45) is 1.28. The largest absolute Gasteiger partial charge is 0.497 e. The van der Waals surface area contributed by atoms with E-state index in [1.165, 1.54) is 0 Å². The monoisotopic (exact) mass is 391 g/mol. The molecule has 2 aromatic rings. The Morgan fingerprint density at radius 2 is 1.69 bits per heavy atom. The van der Waals surface area contributed by atoms with Crippen LogP contribution in [0.3, 0.4) is 0 Å². The Bertz CT molecular complexity index is 812. The van der Waals surface area contributed by atoms with Gasteiger partial charge in [-0.05, 0) is 55.3 Å². The van der Waals surface area contributed by atoms with E-state index in [-0.39, 0.29) is 17.6 Å². The Balaban J connectivity index is 1.63. The van der Waals surface area contributed by atoms with Gasteiger partial charge in [0.15, 0.2) is 5.78 Å². The van der Waals surface area contributed by atoms with Crippen LogP contribution in [0, 0.1) is 5.92 Å². The summed E-state index contributed by atoms with van der Waals surface area (Å²) in [4.78, 5) is 27.0. The third kappa shape index (κ3) is 4.02. The summed E-state index contributed by atoms with van der Waals surface area (Å²) < 4.78 is 5.12. The Morgan fingerprint density at radius 3 is 2.27 bits per heavy atom. The van der Waals surface area contributed by atoms with E-state index >= 15 is 0 Å². The molecule has 1 heterocycles. The lowest BCUT2D eigenvalue weighted by atomic mass is 9.88. The number of halogens is 2. The number of carbonyl (C=O) groups excluding carboxylic acids is 2. The highest BCUT2D eigenvalue weighted by atomic mass is 35.5. The van der Waals surface area contributed by atoms with Crippen molar-refractivity contribution in [2.75, 3.05) is 20.2 Å². The summed E-state index contributed by atoms with van der Waals surface area (Å²) in [5.74, 6) is 0.640. The van der Waals surface area contributed by atoms with Crippen molar-refractivity contribution in [2.45, 2.75) is 12.8 Å². The number of rotatable bonds is 4. The highest BCUT2D eigenvalue weighted by Gasteiger charge is 2.29. The average molecular weight is 392 g/mol. The van der Waals surface area contributed by atoms with Gasteiger partial charge >= 0.3 is 0 Å². The number of piperidine rings is 1. The molecule has 1 fully saturated rings. The first-order chi connectivity index (χ1) is 12.5. The van der Waals surface area contributed by atoms with Crippen LogP contribution in [0.1, 0.15) is 33.6 Å². The standard InChI is InChI=1S/C20H19Cl2NO3/c1-26-16-5-2-13(3-6-16)19(24)14-8-10-23(11-9-14)20(25)17-7-4-15(21)12-18(17)22/h2-7,12,14H,8-11H2,1H3. The number of hydrogen-bond acceptors (Lipinski definition) is 3. The number of benzene rings is 2. The summed E-state index contributed by atoms with van der Waals surface area (Å²) >= 11 is 12.0. The molecule has 1 aliphatic heterocycles. The van der Waals surface area contributed by atoms with Gasteiger partial charge in [-0.15, -0.1) is 0 Å². The van der Waals surface area contributed by atoms with Crippen LogP contribution < -0.4 is 4.74 Å². The van der Waals surface area contributed by atoms with Crippen molar-refractivity contribution in [3.05, 3.63) is 63.6 Å². The summed E-state index contributed by atoms with van der Waals surface area (Å²) in [6, 6.07) is 12.0. The number of likely N-dealkylation sites (tertiary alicyclic amines) is 1. The predicted molar refractivity (Wildman–Crippen MR) is 102 cm³/mol. The molecule has 0 aliphatic carbocycles. The molecule has 0 bridgehead atoms. The van der Waals surface area contributed by atoms with Crippen LogP contribution >= 0.6 is 23.2 Å². The molecule has 0 aromatic heterocycles. The SMILES string of the molecule is COc1ccc(C(=O)C2CCN(C(=O)c3ccc(Cl)cc3Cl)CC2)cc1. The van der Waals surface area contributed by atoms with Gasteiger partial charge in [-0.2, -0.15) is 0 Å². The fourth-order valence-electron chi connectivity index (χ4n) is 3.17. The third-order valence-electron chi connectivity index (χ3n) is 4.69. The number of methoxy groups -OCH3 is 1. The van der Waals surface area contributed by atoms with Crippen LogP contribution in [0.4, 0.5) is 0 Å². The first kappa shape index (κ1) is 18.7. The van der Waals surface area contributed by atoms with Gasteiger partial charge in [-0.25, -0.2) is 0 Å². The molecule has 0 N–H and O–H groups in total. The van der Waals surface area contributed by atoms with Crippen molar-refractivity contribution in [1.82, 2.24) is 4.90 Å². The van der Waals surface area contributed by atoms with Crippen LogP contribution in [0.25, 0.3) is 0 Å². The Morgan fingerprint density at radius 1 is 1.04 bits per heavy atom. The fourth-order valence-corrected chi connectivity index (χ4v) is 3.66. The van der Waals surface area contributed by atoms with Gasteiger partial charge in [0.25, 0.3) is 5.91 Å². The van der Waals surface area contributed by atoms with Crippen molar-refractivity contribution in [3.8, 4) is 5.75 Å². The molecule has 0 spiro atoms. The van der Waals surface area contributed by atoms with E-state index in [0.717, 1.165) is 5.75 Å². The summed E-state index contributed by atoms with van der Waals surface area (Å²) in [6.45, 7) is 1.06. The van der Waals surface area contributed by atoms with E-state index in [9.17, 15) is 9.59 Å². The van der Waals surface area contributed by atoms with Crippen molar-refractivity contribution >= 4 is 34.9 Å². The average Bonchev–Trinajstić information content (AvgIpc) is 2.67. The van der Waals surface area contributed by atoms with Gasteiger partial charge in [-0.1, -0.05) is 23.2 Å². The molecule has 6 heteroatoms. The van der Waals surface area contributed by atoms with Crippen LogP contribution in [0.5, 0.6) is 5.75 Å². The van der Waals surface area contributed by atoms with Crippen molar-refractivity contribution in [3.63, 3.8) is 0 Å². The lowest BCUT2D eigenvalue weighted by Crippen LogP contribution is -2.40. The topological polar surface area (TPSA) is 46.6 Å². The maximum Gasteiger partial charge on any atom is 0.255 e.